The van der Waals surface area contributed by atoms with Crippen LogP contribution in [0.15, 0.2) is 23.1 Å². The Hall–Kier alpha value is -0.820. The molecule has 1 rings (SSSR count). The van der Waals surface area contributed by atoms with Crippen molar-refractivity contribution in [2.45, 2.75) is 44.0 Å². The molecule has 5 nitrogen and oxygen atoms in total. The minimum absolute atomic E-state index is 0. The lowest BCUT2D eigenvalue weighted by atomic mass is 10.1. The fourth-order valence-corrected chi connectivity index (χ4v) is 3.52. The van der Waals surface area contributed by atoms with Gasteiger partial charge in [-0.1, -0.05) is 19.8 Å². The van der Waals surface area contributed by atoms with Crippen LogP contribution in [-0.2, 0) is 10.0 Å². The third-order valence-corrected chi connectivity index (χ3v) is 4.86. The molecular formula is C14H25ClN2O3S. The fourth-order valence-electron chi connectivity index (χ4n) is 2.01. The van der Waals surface area contributed by atoms with E-state index in [1.807, 2.05) is 0 Å². The number of nitrogens with one attached hydrogen (secondary N) is 1. The normalized spacial score (nSPS) is 12.6. The van der Waals surface area contributed by atoms with Gasteiger partial charge in [0, 0.05) is 12.6 Å². The van der Waals surface area contributed by atoms with Gasteiger partial charge in [0.1, 0.15) is 5.75 Å². The Morgan fingerprint density at radius 1 is 1.38 bits per heavy atom. The van der Waals surface area contributed by atoms with Crippen LogP contribution in [-0.4, -0.2) is 28.1 Å². The van der Waals surface area contributed by atoms with Gasteiger partial charge in [-0.25, -0.2) is 13.1 Å². The molecule has 0 aliphatic rings. The van der Waals surface area contributed by atoms with E-state index in [0.717, 1.165) is 19.3 Å². The summed E-state index contributed by atoms with van der Waals surface area (Å²) in [4.78, 5) is 0.272. The maximum absolute atomic E-state index is 12.4. The standard InChI is InChI=1S/C14H24N2O3S.ClH/c1-4-5-6-12(10-15)16-20(17,18)14-8-7-13(19-3)9-11(14)2;/h7-9,12,16H,4-6,10,15H2,1-3H3;1H. The number of benzene rings is 1. The van der Waals surface area contributed by atoms with Crippen LogP contribution >= 0.6 is 12.4 Å². The number of hydrogen-bond acceptors (Lipinski definition) is 4. The summed E-state index contributed by atoms with van der Waals surface area (Å²) in [6, 6.07) is 4.69. The minimum Gasteiger partial charge on any atom is -0.497 e. The maximum Gasteiger partial charge on any atom is 0.241 e. The molecular weight excluding hydrogens is 312 g/mol. The molecule has 0 saturated heterocycles. The van der Waals surface area contributed by atoms with Crippen molar-refractivity contribution >= 4 is 22.4 Å². The largest absolute Gasteiger partial charge is 0.497 e. The van der Waals surface area contributed by atoms with E-state index in [4.69, 9.17) is 10.5 Å². The number of hydrogen-bond donors (Lipinski definition) is 2. The summed E-state index contributed by atoms with van der Waals surface area (Å²) >= 11 is 0. The summed E-state index contributed by atoms with van der Waals surface area (Å²) in [5.74, 6) is 0.641. The molecule has 1 unspecified atom stereocenters. The Morgan fingerprint density at radius 2 is 2.05 bits per heavy atom. The topological polar surface area (TPSA) is 81.4 Å². The molecule has 0 fully saturated rings. The average molecular weight is 337 g/mol. The third-order valence-electron chi connectivity index (χ3n) is 3.18. The molecule has 0 bridgehead atoms. The van der Waals surface area contributed by atoms with E-state index in [0.29, 0.717) is 17.9 Å². The Morgan fingerprint density at radius 3 is 2.52 bits per heavy atom. The number of halogens is 1. The number of nitrogens with two attached hydrogens (primary N) is 1. The van der Waals surface area contributed by atoms with Crippen molar-refractivity contribution in [1.82, 2.24) is 4.72 Å². The van der Waals surface area contributed by atoms with Crippen LogP contribution in [0.25, 0.3) is 0 Å². The fraction of sp³-hybridized carbons (Fsp3) is 0.571. The average Bonchev–Trinajstić information content (AvgIpc) is 2.42. The molecule has 7 heteroatoms. The van der Waals surface area contributed by atoms with Gasteiger partial charge in [0.15, 0.2) is 0 Å². The van der Waals surface area contributed by atoms with Crippen molar-refractivity contribution in [3.63, 3.8) is 0 Å². The molecule has 0 aromatic heterocycles. The second-order valence-electron chi connectivity index (χ2n) is 4.83. The van der Waals surface area contributed by atoms with E-state index in [9.17, 15) is 8.42 Å². The first-order valence-electron chi connectivity index (χ1n) is 6.81. The number of sulfonamides is 1. The Bertz CT molecular complexity index is 535. The van der Waals surface area contributed by atoms with Crippen LogP contribution in [0.3, 0.4) is 0 Å². The van der Waals surface area contributed by atoms with Crippen LogP contribution in [0.2, 0.25) is 0 Å². The van der Waals surface area contributed by atoms with Crippen molar-refractivity contribution in [2.24, 2.45) is 5.73 Å². The number of aryl methyl sites for hydroxylation is 1. The van der Waals surface area contributed by atoms with Gasteiger partial charge in [0.05, 0.1) is 12.0 Å². The zero-order chi connectivity index (χ0) is 15.2. The molecule has 1 aromatic rings. The molecule has 0 radical (unpaired) electrons. The van der Waals surface area contributed by atoms with Crippen molar-refractivity contribution in [2.75, 3.05) is 13.7 Å². The molecule has 0 amide bonds. The van der Waals surface area contributed by atoms with E-state index < -0.39 is 10.0 Å². The summed E-state index contributed by atoms with van der Waals surface area (Å²) in [6.07, 6.45) is 2.72. The number of unbranched alkanes of at least 4 members (excludes halogenated alkanes) is 1. The van der Waals surface area contributed by atoms with Gasteiger partial charge in [0.25, 0.3) is 0 Å². The zero-order valence-corrected chi connectivity index (χ0v) is 14.4. The Balaban J connectivity index is 0.00000400. The molecule has 0 aliphatic heterocycles. The lowest BCUT2D eigenvalue weighted by molar-refractivity contribution is 0.414. The summed E-state index contributed by atoms with van der Waals surface area (Å²) in [5.41, 5.74) is 6.29. The maximum atomic E-state index is 12.4. The number of ether oxygens (including phenoxy) is 1. The Kier molecular flexibility index (Phi) is 8.89. The van der Waals surface area contributed by atoms with Gasteiger partial charge in [-0.15, -0.1) is 12.4 Å². The summed E-state index contributed by atoms with van der Waals surface area (Å²) < 4.78 is 32.5. The SMILES string of the molecule is CCCCC(CN)NS(=O)(=O)c1ccc(OC)cc1C.Cl. The molecule has 1 aromatic carbocycles. The molecule has 0 heterocycles. The highest BCUT2D eigenvalue weighted by Crippen LogP contribution is 2.21. The summed E-state index contributed by atoms with van der Waals surface area (Å²) in [6.45, 7) is 4.12. The lowest BCUT2D eigenvalue weighted by Crippen LogP contribution is -2.40. The van der Waals surface area contributed by atoms with E-state index >= 15 is 0 Å². The van der Waals surface area contributed by atoms with Crippen LogP contribution in [0.1, 0.15) is 31.7 Å². The van der Waals surface area contributed by atoms with Crippen LogP contribution in [0, 0.1) is 6.92 Å². The lowest BCUT2D eigenvalue weighted by Gasteiger charge is -2.17. The third kappa shape index (κ3) is 5.82. The van der Waals surface area contributed by atoms with Crippen LogP contribution < -0.4 is 15.2 Å². The second kappa shape index (κ2) is 9.25. The highest BCUT2D eigenvalue weighted by Gasteiger charge is 2.21. The summed E-state index contributed by atoms with van der Waals surface area (Å²) in [5, 5.41) is 0. The van der Waals surface area contributed by atoms with E-state index in [1.54, 1.807) is 32.2 Å². The van der Waals surface area contributed by atoms with E-state index in [1.165, 1.54) is 0 Å². The van der Waals surface area contributed by atoms with Gasteiger partial charge in [-0.2, -0.15) is 0 Å². The highest BCUT2D eigenvalue weighted by molar-refractivity contribution is 7.89. The first-order chi connectivity index (χ1) is 9.44. The molecule has 0 spiro atoms. The van der Waals surface area contributed by atoms with E-state index in [-0.39, 0.29) is 23.3 Å². The van der Waals surface area contributed by atoms with Gasteiger partial charge < -0.3 is 10.5 Å². The van der Waals surface area contributed by atoms with Gasteiger partial charge in [-0.3, -0.25) is 0 Å². The van der Waals surface area contributed by atoms with Crippen LogP contribution in [0.5, 0.6) is 5.75 Å². The molecule has 122 valence electrons. The quantitative estimate of drug-likeness (QED) is 0.762. The Labute approximate surface area is 133 Å². The van der Waals surface area contributed by atoms with Crippen molar-refractivity contribution in [3.05, 3.63) is 23.8 Å². The monoisotopic (exact) mass is 336 g/mol. The van der Waals surface area contributed by atoms with Crippen molar-refractivity contribution in [3.8, 4) is 5.75 Å². The number of rotatable bonds is 8. The van der Waals surface area contributed by atoms with E-state index in [2.05, 4.69) is 11.6 Å². The molecule has 0 aliphatic carbocycles. The summed E-state index contributed by atoms with van der Waals surface area (Å²) in [7, 11) is -1.99. The highest BCUT2D eigenvalue weighted by atomic mass is 35.5. The first kappa shape index (κ1) is 20.2. The minimum atomic E-state index is -3.54. The molecule has 1 atom stereocenters. The van der Waals surface area contributed by atoms with Crippen molar-refractivity contribution < 1.29 is 13.2 Å². The first-order valence-corrected chi connectivity index (χ1v) is 8.30. The van der Waals surface area contributed by atoms with Gasteiger partial charge in [0.2, 0.25) is 10.0 Å². The molecule has 0 saturated carbocycles. The smallest absolute Gasteiger partial charge is 0.241 e. The van der Waals surface area contributed by atoms with Gasteiger partial charge in [-0.05, 0) is 37.1 Å². The predicted molar refractivity (Wildman–Crippen MR) is 87.7 cm³/mol. The molecule has 21 heavy (non-hydrogen) atoms. The predicted octanol–water partition coefficient (Wildman–Crippen LogP) is 2.22. The molecule has 3 N–H and O–H groups in total. The van der Waals surface area contributed by atoms with Crippen LogP contribution in [0.4, 0.5) is 0 Å². The second-order valence-corrected chi connectivity index (χ2v) is 6.51. The zero-order valence-electron chi connectivity index (χ0n) is 12.8. The van der Waals surface area contributed by atoms with Gasteiger partial charge >= 0.3 is 0 Å². The van der Waals surface area contributed by atoms with Crippen molar-refractivity contribution in [1.29, 1.82) is 0 Å². The number of methoxy groups -OCH3 is 1.